The SMILES string of the molecule is CO[C@@H]1CCN(c2ncc(F)cn2)[C@@H]2CN(CC3CC3)C[C@@H]21. The van der Waals surface area contributed by atoms with Crippen LogP contribution in [0.25, 0.3) is 0 Å². The molecule has 2 aliphatic heterocycles. The summed E-state index contributed by atoms with van der Waals surface area (Å²) >= 11 is 0. The highest BCUT2D eigenvalue weighted by Gasteiger charge is 2.46. The summed E-state index contributed by atoms with van der Waals surface area (Å²) in [5.74, 6) is 1.66. The molecular formula is C16H23FN4O. The highest BCUT2D eigenvalue weighted by atomic mass is 19.1. The quantitative estimate of drug-likeness (QED) is 0.844. The number of hydrogen-bond acceptors (Lipinski definition) is 5. The lowest BCUT2D eigenvalue weighted by Gasteiger charge is -2.41. The van der Waals surface area contributed by atoms with Crippen LogP contribution in [-0.4, -0.2) is 60.3 Å². The highest BCUT2D eigenvalue weighted by Crippen LogP contribution is 2.37. The van der Waals surface area contributed by atoms with Crippen LogP contribution in [0.1, 0.15) is 19.3 Å². The summed E-state index contributed by atoms with van der Waals surface area (Å²) in [5.41, 5.74) is 0. The Morgan fingerprint density at radius 1 is 1.23 bits per heavy atom. The number of hydrogen-bond donors (Lipinski definition) is 0. The molecule has 5 nitrogen and oxygen atoms in total. The summed E-state index contributed by atoms with van der Waals surface area (Å²) in [6.45, 7) is 4.23. The van der Waals surface area contributed by atoms with Gasteiger partial charge in [-0.3, -0.25) is 0 Å². The smallest absolute Gasteiger partial charge is 0.225 e. The van der Waals surface area contributed by atoms with Gasteiger partial charge in [0.15, 0.2) is 5.82 Å². The molecule has 6 heteroatoms. The van der Waals surface area contributed by atoms with E-state index in [0.29, 0.717) is 24.0 Å². The van der Waals surface area contributed by atoms with Gasteiger partial charge in [-0.15, -0.1) is 0 Å². The van der Waals surface area contributed by atoms with E-state index in [9.17, 15) is 4.39 Å². The van der Waals surface area contributed by atoms with Crippen LogP contribution in [0.2, 0.25) is 0 Å². The van der Waals surface area contributed by atoms with Crippen molar-refractivity contribution >= 4 is 5.95 Å². The van der Waals surface area contributed by atoms with E-state index in [-0.39, 0.29) is 5.82 Å². The molecule has 3 heterocycles. The molecule has 0 spiro atoms. The molecular weight excluding hydrogens is 283 g/mol. The molecule has 120 valence electrons. The first-order valence-corrected chi connectivity index (χ1v) is 8.24. The third kappa shape index (κ3) is 2.70. The minimum absolute atomic E-state index is 0.311. The Labute approximate surface area is 130 Å². The van der Waals surface area contributed by atoms with Crippen LogP contribution in [0.5, 0.6) is 0 Å². The largest absolute Gasteiger partial charge is 0.381 e. The van der Waals surface area contributed by atoms with Gasteiger partial charge in [0.05, 0.1) is 24.5 Å². The van der Waals surface area contributed by atoms with E-state index in [1.54, 1.807) is 0 Å². The van der Waals surface area contributed by atoms with Crippen LogP contribution in [0.15, 0.2) is 12.4 Å². The number of anilines is 1. The Morgan fingerprint density at radius 3 is 2.68 bits per heavy atom. The van der Waals surface area contributed by atoms with Crippen LogP contribution in [0, 0.1) is 17.7 Å². The molecule has 3 fully saturated rings. The number of methoxy groups -OCH3 is 1. The van der Waals surface area contributed by atoms with Gasteiger partial charge in [-0.05, 0) is 25.2 Å². The Balaban J connectivity index is 1.54. The number of halogens is 1. The zero-order valence-corrected chi connectivity index (χ0v) is 13.0. The summed E-state index contributed by atoms with van der Waals surface area (Å²) in [4.78, 5) is 13.2. The molecule has 0 unspecified atom stereocenters. The normalized spacial score (nSPS) is 32.3. The standard InChI is InChI=1S/C16H23FN4O/c1-22-15-4-5-21(16-18-6-12(17)7-19-16)14-10-20(9-13(14)15)8-11-2-3-11/h6-7,11,13-15H,2-5,8-10H2,1H3/t13-,14+,15+/m0/s1. The zero-order valence-electron chi connectivity index (χ0n) is 13.0. The number of aromatic nitrogens is 2. The number of fused-ring (bicyclic) bond motifs is 1. The maximum absolute atomic E-state index is 13.1. The lowest BCUT2D eigenvalue weighted by atomic mass is 9.89. The van der Waals surface area contributed by atoms with Crippen LogP contribution in [0.4, 0.5) is 10.3 Å². The van der Waals surface area contributed by atoms with E-state index in [2.05, 4.69) is 19.8 Å². The van der Waals surface area contributed by atoms with E-state index in [4.69, 9.17) is 4.74 Å². The van der Waals surface area contributed by atoms with Crippen LogP contribution < -0.4 is 4.90 Å². The predicted octanol–water partition coefficient (Wildman–Crippen LogP) is 1.55. The molecule has 1 saturated carbocycles. The predicted molar refractivity (Wildman–Crippen MR) is 81.2 cm³/mol. The van der Waals surface area contributed by atoms with E-state index < -0.39 is 0 Å². The van der Waals surface area contributed by atoms with Gasteiger partial charge in [-0.2, -0.15) is 0 Å². The number of likely N-dealkylation sites (tertiary alicyclic amines) is 1. The Morgan fingerprint density at radius 2 is 2.00 bits per heavy atom. The number of nitrogens with zero attached hydrogens (tertiary/aromatic N) is 4. The summed E-state index contributed by atoms with van der Waals surface area (Å²) < 4.78 is 18.8. The van der Waals surface area contributed by atoms with Crippen molar-refractivity contribution < 1.29 is 9.13 Å². The fraction of sp³-hybridized carbons (Fsp3) is 0.750. The van der Waals surface area contributed by atoms with Crippen LogP contribution >= 0.6 is 0 Å². The fourth-order valence-electron chi connectivity index (χ4n) is 4.04. The van der Waals surface area contributed by atoms with Crippen molar-refractivity contribution in [2.75, 3.05) is 38.2 Å². The second kappa shape index (κ2) is 5.74. The summed E-state index contributed by atoms with van der Waals surface area (Å²) in [6, 6.07) is 0.378. The molecule has 22 heavy (non-hydrogen) atoms. The molecule has 1 aliphatic carbocycles. The molecule has 1 aromatic rings. The van der Waals surface area contributed by atoms with Gasteiger partial charge in [0.2, 0.25) is 5.95 Å². The minimum Gasteiger partial charge on any atom is -0.381 e. The third-order valence-corrected chi connectivity index (χ3v) is 5.32. The van der Waals surface area contributed by atoms with Crippen molar-refractivity contribution in [3.8, 4) is 0 Å². The van der Waals surface area contributed by atoms with Crippen molar-refractivity contribution in [2.24, 2.45) is 11.8 Å². The summed E-state index contributed by atoms with van der Waals surface area (Å²) in [5, 5.41) is 0. The van der Waals surface area contributed by atoms with Crippen molar-refractivity contribution in [1.29, 1.82) is 0 Å². The van der Waals surface area contributed by atoms with Gasteiger partial charge >= 0.3 is 0 Å². The van der Waals surface area contributed by atoms with E-state index in [1.807, 2.05) is 7.11 Å². The third-order valence-electron chi connectivity index (χ3n) is 5.32. The lowest BCUT2D eigenvalue weighted by molar-refractivity contribution is 0.0314. The van der Waals surface area contributed by atoms with E-state index in [1.165, 1.54) is 31.8 Å². The van der Waals surface area contributed by atoms with Gasteiger partial charge in [0.1, 0.15) is 0 Å². The number of rotatable bonds is 4. The molecule has 2 saturated heterocycles. The van der Waals surface area contributed by atoms with E-state index in [0.717, 1.165) is 32.0 Å². The molecule has 3 aliphatic rings. The lowest BCUT2D eigenvalue weighted by Crippen LogP contribution is -2.52. The van der Waals surface area contributed by atoms with Gasteiger partial charge in [-0.1, -0.05) is 0 Å². The minimum atomic E-state index is -0.381. The zero-order chi connectivity index (χ0) is 15.1. The monoisotopic (exact) mass is 306 g/mol. The first-order chi connectivity index (χ1) is 10.7. The van der Waals surface area contributed by atoms with Gasteiger partial charge < -0.3 is 14.5 Å². The van der Waals surface area contributed by atoms with Crippen molar-refractivity contribution in [1.82, 2.24) is 14.9 Å². The topological polar surface area (TPSA) is 41.5 Å². The van der Waals surface area contributed by atoms with Gasteiger partial charge in [0, 0.05) is 39.2 Å². The first kappa shape index (κ1) is 14.3. The van der Waals surface area contributed by atoms with Crippen LogP contribution in [0.3, 0.4) is 0 Å². The van der Waals surface area contributed by atoms with Crippen molar-refractivity contribution in [3.63, 3.8) is 0 Å². The molecule has 0 aromatic carbocycles. The second-order valence-corrected chi connectivity index (χ2v) is 6.85. The molecule has 0 amide bonds. The maximum atomic E-state index is 13.1. The molecule has 3 atom stereocenters. The molecule has 1 aromatic heterocycles. The Kier molecular flexibility index (Phi) is 3.74. The highest BCUT2D eigenvalue weighted by molar-refractivity contribution is 5.34. The molecule has 0 N–H and O–H groups in total. The van der Waals surface area contributed by atoms with E-state index >= 15 is 0 Å². The first-order valence-electron chi connectivity index (χ1n) is 8.24. The van der Waals surface area contributed by atoms with Crippen molar-refractivity contribution in [2.45, 2.75) is 31.4 Å². The molecule has 0 radical (unpaired) electrons. The Bertz CT molecular complexity index is 521. The Hall–Kier alpha value is -1.27. The molecule has 4 rings (SSSR count). The van der Waals surface area contributed by atoms with Crippen molar-refractivity contribution in [3.05, 3.63) is 18.2 Å². The fourth-order valence-corrected chi connectivity index (χ4v) is 4.04. The van der Waals surface area contributed by atoms with Gasteiger partial charge in [0.25, 0.3) is 0 Å². The second-order valence-electron chi connectivity index (χ2n) is 6.85. The summed E-state index contributed by atoms with van der Waals surface area (Å²) in [7, 11) is 1.81. The number of ether oxygens (including phenoxy) is 1. The summed E-state index contributed by atoms with van der Waals surface area (Å²) in [6.07, 6.45) is 6.57. The van der Waals surface area contributed by atoms with Gasteiger partial charge in [-0.25, -0.2) is 14.4 Å². The van der Waals surface area contributed by atoms with Crippen LogP contribution in [-0.2, 0) is 4.74 Å². The maximum Gasteiger partial charge on any atom is 0.225 e. The molecule has 0 bridgehead atoms. The number of piperidine rings is 1. The average molecular weight is 306 g/mol. The average Bonchev–Trinajstić information content (AvgIpc) is 3.23.